The molecule has 0 heterocycles. The van der Waals surface area contributed by atoms with E-state index in [4.69, 9.17) is 4.74 Å². The zero-order valence-corrected chi connectivity index (χ0v) is 15.3. The molecule has 0 radical (unpaired) electrons. The van der Waals surface area contributed by atoms with Crippen molar-refractivity contribution in [2.24, 2.45) is 0 Å². The standard InChI is InChI=1S/C22H25NO2/c1-5-22(3,6-2)23-21(24)19-13-9-17(10-14-19)7-8-18-11-15-20(25-4)16-12-18/h9-16H,5-6H2,1-4H3,(H,23,24). The Morgan fingerprint density at radius 1 is 0.960 bits per heavy atom. The summed E-state index contributed by atoms with van der Waals surface area (Å²) >= 11 is 0. The molecular weight excluding hydrogens is 310 g/mol. The highest BCUT2D eigenvalue weighted by molar-refractivity contribution is 5.94. The van der Waals surface area contributed by atoms with Crippen LogP contribution >= 0.6 is 0 Å². The van der Waals surface area contributed by atoms with Crippen molar-refractivity contribution in [3.63, 3.8) is 0 Å². The number of carbonyl (C=O) groups excluding carboxylic acids is 1. The lowest BCUT2D eigenvalue weighted by atomic mass is 9.95. The molecule has 3 heteroatoms. The first-order valence-corrected chi connectivity index (χ1v) is 8.58. The van der Waals surface area contributed by atoms with E-state index in [9.17, 15) is 4.79 Å². The zero-order chi connectivity index (χ0) is 18.3. The van der Waals surface area contributed by atoms with Gasteiger partial charge in [0.05, 0.1) is 7.11 Å². The number of amides is 1. The van der Waals surface area contributed by atoms with Gasteiger partial charge in [-0.05, 0) is 68.3 Å². The minimum atomic E-state index is -0.163. The van der Waals surface area contributed by atoms with Crippen molar-refractivity contribution < 1.29 is 9.53 Å². The minimum Gasteiger partial charge on any atom is -0.497 e. The number of hydrogen-bond donors (Lipinski definition) is 1. The number of methoxy groups -OCH3 is 1. The maximum Gasteiger partial charge on any atom is 0.251 e. The fourth-order valence-electron chi connectivity index (χ4n) is 2.30. The molecule has 0 saturated carbocycles. The van der Waals surface area contributed by atoms with Crippen molar-refractivity contribution in [1.29, 1.82) is 0 Å². The van der Waals surface area contributed by atoms with Crippen LogP contribution in [0.15, 0.2) is 48.5 Å². The summed E-state index contributed by atoms with van der Waals surface area (Å²) in [6, 6.07) is 15.0. The average Bonchev–Trinajstić information content (AvgIpc) is 2.67. The van der Waals surface area contributed by atoms with Crippen molar-refractivity contribution in [2.75, 3.05) is 7.11 Å². The molecule has 0 aliphatic carbocycles. The summed E-state index contributed by atoms with van der Waals surface area (Å²) in [4.78, 5) is 12.4. The largest absolute Gasteiger partial charge is 0.497 e. The summed E-state index contributed by atoms with van der Waals surface area (Å²) in [5, 5.41) is 3.11. The Kier molecular flexibility index (Phi) is 6.25. The van der Waals surface area contributed by atoms with Crippen LogP contribution in [0.3, 0.4) is 0 Å². The molecule has 3 nitrogen and oxygen atoms in total. The molecule has 0 fully saturated rings. The molecule has 25 heavy (non-hydrogen) atoms. The van der Waals surface area contributed by atoms with E-state index in [1.54, 1.807) is 7.11 Å². The van der Waals surface area contributed by atoms with E-state index >= 15 is 0 Å². The number of benzene rings is 2. The SMILES string of the molecule is CCC(C)(CC)NC(=O)c1ccc(C#Cc2ccc(OC)cc2)cc1. The molecule has 2 aromatic rings. The second-order valence-corrected chi connectivity index (χ2v) is 6.28. The molecule has 0 aliphatic heterocycles. The van der Waals surface area contributed by atoms with Gasteiger partial charge in [0.15, 0.2) is 0 Å². The first kappa shape index (κ1) is 18.6. The number of rotatable bonds is 5. The Morgan fingerprint density at radius 3 is 1.88 bits per heavy atom. The summed E-state index contributed by atoms with van der Waals surface area (Å²) in [5.74, 6) is 7.00. The van der Waals surface area contributed by atoms with E-state index in [0.717, 1.165) is 29.7 Å². The molecule has 0 unspecified atom stereocenters. The van der Waals surface area contributed by atoms with Crippen molar-refractivity contribution in [2.45, 2.75) is 39.2 Å². The minimum absolute atomic E-state index is 0.0409. The molecule has 1 amide bonds. The van der Waals surface area contributed by atoms with Gasteiger partial charge in [0.25, 0.3) is 5.91 Å². The summed E-state index contributed by atoms with van der Waals surface area (Å²) in [6.07, 6.45) is 1.81. The molecule has 0 aliphatic rings. The number of nitrogens with one attached hydrogen (secondary N) is 1. The fourth-order valence-corrected chi connectivity index (χ4v) is 2.30. The van der Waals surface area contributed by atoms with Gasteiger partial charge in [0.2, 0.25) is 0 Å². The van der Waals surface area contributed by atoms with Gasteiger partial charge in [0.1, 0.15) is 5.75 Å². The maximum atomic E-state index is 12.4. The van der Waals surface area contributed by atoms with Crippen LogP contribution in [0.1, 0.15) is 55.1 Å². The van der Waals surface area contributed by atoms with Gasteiger partial charge in [-0.1, -0.05) is 25.7 Å². The molecular formula is C22H25NO2. The third kappa shape index (κ3) is 5.12. The normalized spacial score (nSPS) is 10.6. The molecule has 0 atom stereocenters. The van der Waals surface area contributed by atoms with E-state index in [1.807, 2.05) is 48.5 Å². The van der Waals surface area contributed by atoms with Crippen LogP contribution in [0.2, 0.25) is 0 Å². The van der Waals surface area contributed by atoms with E-state index < -0.39 is 0 Å². The molecule has 1 N–H and O–H groups in total. The van der Waals surface area contributed by atoms with Crippen molar-refractivity contribution >= 4 is 5.91 Å². The Labute approximate surface area is 150 Å². The maximum absolute atomic E-state index is 12.4. The van der Waals surface area contributed by atoms with Gasteiger partial charge in [-0.3, -0.25) is 4.79 Å². The number of carbonyl (C=O) groups is 1. The second-order valence-electron chi connectivity index (χ2n) is 6.28. The first-order valence-electron chi connectivity index (χ1n) is 8.58. The summed E-state index contributed by atoms with van der Waals surface area (Å²) in [7, 11) is 1.64. The Bertz CT molecular complexity index is 760. The molecule has 0 bridgehead atoms. The molecule has 2 aromatic carbocycles. The van der Waals surface area contributed by atoms with E-state index in [2.05, 4.69) is 37.9 Å². The van der Waals surface area contributed by atoms with Crippen LogP contribution in [-0.2, 0) is 0 Å². The lowest BCUT2D eigenvalue weighted by molar-refractivity contribution is 0.0901. The first-order chi connectivity index (χ1) is 12.0. The summed E-state index contributed by atoms with van der Waals surface area (Å²) in [6.45, 7) is 6.24. The quantitative estimate of drug-likeness (QED) is 0.822. The second kappa shape index (κ2) is 8.39. The third-order valence-corrected chi connectivity index (χ3v) is 4.56. The van der Waals surface area contributed by atoms with Crippen molar-refractivity contribution in [3.8, 4) is 17.6 Å². The van der Waals surface area contributed by atoms with E-state index in [0.29, 0.717) is 5.56 Å². The predicted octanol–water partition coefficient (Wildman–Crippen LogP) is 4.40. The Balaban J connectivity index is 2.07. The van der Waals surface area contributed by atoms with E-state index in [-0.39, 0.29) is 11.4 Å². The number of ether oxygens (including phenoxy) is 1. The van der Waals surface area contributed by atoms with Gasteiger partial charge < -0.3 is 10.1 Å². The van der Waals surface area contributed by atoms with Gasteiger partial charge in [0, 0.05) is 22.2 Å². The van der Waals surface area contributed by atoms with Gasteiger partial charge in [-0.15, -0.1) is 0 Å². The van der Waals surface area contributed by atoms with Gasteiger partial charge in [-0.25, -0.2) is 0 Å². The van der Waals surface area contributed by atoms with Crippen molar-refractivity contribution in [3.05, 3.63) is 65.2 Å². The highest BCUT2D eigenvalue weighted by Gasteiger charge is 2.22. The Hall–Kier alpha value is -2.73. The topological polar surface area (TPSA) is 38.3 Å². The molecule has 2 rings (SSSR count). The lowest BCUT2D eigenvalue weighted by Crippen LogP contribution is -2.44. The van der Waals surface area contributed by atoms with Gasteiger partial charge >= 0.3 is 0 Å². The van der Waals surface area contributed by atoms with Gasteiger partial charge in [-0.2, -0.15) is 0 Å². The fraction of sp³-hybridized carbons (Fsp3) is 0.318. The summed E-state index contributed by atoms with van der Waals surface area (Å²) in [5.41, 5.74) is 2.29. The smallest absolute Gasteiger partial charge is 0.251 e. The molecule has 130 valence electrons. The van der Waals surface area contributed by atoms with Crippen LogP contribution in [0.4, 0.5) is 0 Å². The average molecular weight is 335 g/mol. The van der Waals surface area contributed by atoms with Crippen LogP contribution in [0, 0.1) is 11.8 Å². The third-order valence-electron chi connectivity index (χ3n) is 4.56. The predicted molar refractivity (Wildman–Crippen MR) is 102 cm³/mol. The van der Waals surface area contributed by atoms with E-state index in [1.165, 1.54) is 0 Å². The Morgan fingerprint density at radius 2 is 1.44 bits per heavy atom. The highest BCUT2D eigenvalue weighted by Crippen LogP contribution is 2.15. The zero-order valence-electron chi connectivity index (χ0n) is 15.3. The van der Waals surface area contributed by atoms with Crippen LogP contribution < -0.4 is 10.1 Å². The molecule has 0 spiro atoms. The number of hydrogen-bond acceptors (Lipinski definition) is 2. The molecule has 0 aromatic heterocycles. The highest BCUT2D eigenvalue weighted by atomic mass is 16.5. The van der Waals surface area contributed by atoms with Crippen LogP contribution in [0.25, 0.3) is 0 Å². The summed E-state index contributed by atoms with van der Waals surface area (Å²) < 4.78 is 5.13. The monoisotopic (exact) mass is 335 g/mol. The lowest BCUT2D eigenvalue weighted by Gasteiger charge is -2.28. The van der Waals surface area contributed by atoms with Crippen LogP contribution in [-0.4, -0.2) is 18.6 Å². The van der Waals surface area contributed by atoms with Crippen molar-refractivity contribution in [1.82, 2.24) is 5.32 Å². The van der Waals surface area contributed by atoms with Crippen LogP contribution in [0.5, 0.6) is 5.75 Å². The molecule has 0 saturated heterocycles.